The van der Waals surface area contributed by atoms with Crippen LogP contribution in [0, 0.1) is 11.8 Å². The lowest BCUT2D eigenvalue weighted by Crippen LogP contribution is -2.40. The highest BCUT2D eigenvalue weighted by molar-refractivity contribution is 9.10. The summed E-state index contributed by atoms with van der Waals surface area (Å²) in [5, 5.41) is 2.05. The summed E-state index contributed by atoms with van der Waals surface area (Å²) in [6.07, 6.45) is 4.48. The SMILES string of the molecule is CN(Cc1cc(Br)cs1)C(=O)C1CCCCC1CN. The second-order valence-corrected chi connectivity index (χ2v) is 7.22. The summed E-state index contributed by atoms with van der Waals surface area (Å²) < 4.78 is 1.09. The van der Waals surface area contributed by atoms with Gasteiger partial charge >= 0.3 is 0 Å². The zero-order valence-corrected chi connectivity index (χ0v) is 13.7. The molecule has 1 fully saturated rings. The molecule has 1 aliphatic rings. The topological polar surface area (TPSA) is 46.3 Å². The molecule has 5 heteroatoms. The first-order chi connectivity index (χ1) is 9.11. The summed E-state index contributed by atoms with van der Waals surface area (Å²) in [6.45, 7) is 1.33. The summed E-state index contributed by atoms with van der Waals surface area (Å²) >= 11 is 5.13. The van der Waals surface area contributed by atoms with Gasteiger partial charge in [0.1, 0.15) is 0 Å². The molecule has 1 aromatic heterocycles. The van der Waals surface area contributed by atoms with Gasteiger partial charge in [0.25, 0.3) is 0 Å². The average Bonchev–Trinajstić information content (AvgIpc) is 2.83. The van der Waals surface area contributed by atoms with E-state index in [0.717, 1.165) is 23.7 Å². The smallest absolute Gasteiger partial charge is 0.226 e. The molecular weight excluding hydrogens is 324 g/mol. The highest BCUT2D eigenvalue weighted by Crippen LogP contribution is 2.31. The highest BCUT2D eigenvalue weighted by atomic mass is 79.9. The molecule has 2 unspecified atom stereocenters. The van der Waals surface area contributed by atoms with E-state index in [9.17, 15) is 4.79 Å². The Labute approximate surface area is 127 Å². The zero-order chi connectivity index (χ0) is 13.8. The van der Waals surface area contributed by atoms with Gasteiger partial charge in [-0.3, -0.25) is 4.79 Å². The predicted octanol–water partition coefficient (Wildman–Crippen LogP) is 3.23. The first kappa shape index (κ1) is 15.0. The Hall–Kier alpha value is -0.390. The van der Waals surface area contributed by atoms with Crippen LogP contribution in [0.4, 0.5) is 0 Å². The third-order valence-electron chi connectivity index (χ3n) is 3.92. The van der Waals surface area contributed by atoms with Crippen LogP contribution in [0.3, 0.4) is 0 Å². The molecule has 19 heavy (non-hydrogen) atoms. The number of nitrogens with zero attached hydrogens (tertiary/aromatic N) is 1. The molecule has 1 aromatic rings. The van der Waals surface area contributed by atoms with Crippen LogP contribution in [0.25, 0.3) is 0 Å². The fourth-order valence-electron chi connectivity index (χ4n) is 2.85. The number of rotatable bonds is 4. The average molecular weight is 345 g/mol. The van der Waals surface area contributed by atoms with Crippen LogP contribution >= 0.6 is 27.3 Å². The standard InChI is InChI=1S/C14H21BrN2OS/c1-17(8-12-6-11(15)9-19-12)14(18)13-5-3-2-4-10(13)7-16/h6,9-10,13H,2-5,7-8,16H2,1H3. The molecule has 0 bridgehead atoms. The van der Waals surface area contributed by atoms with E-state index in [4.69, 9.17) is 5.73 Å². The van der Waals surface area contributed by atoms with Crippen molar-refractivity contribution in [2.24, 2.45) is 17.6 Å². The predicted molar refractivity (Wildman–Crippen MR) is 83.0 cm³/mol. The third kappa shape index (κ3) is 3.80. The molecule has 0 saturated heterocycles. The number of nitrogens with two attached hydrogens (primary N) is 1. The number of halogens is 1. The Morgan fingerprint density at radius 1 is 1.53 bits per heavy atom. The van der Waals surface area contributed by atoms with Crippen molar-refractivity contribution in [3.63, 3.8) is 0 Å². The van der Waals surface area contributed by atoms with E-state index >= 15 is 0 Å². The molecule has 3 nitrogen and oxygen atoms in total. The van der Waals surface area contributed by atoms with Gasteiger partial charge in [0.05, 0.1) is 6.54 Å². The Balaban J connectivity index is 1.97. The van der Waals surface area contributed by atoms with Crippen LogP contribution in [0.15, 0.2) is 15.9 Å². The molecule has 2 rings (SSSR count). The van der Waals surface area contributed by atoms with E-state index in [-0.39, 0.29) is 11.8 Å². The van der Waals surface area contributed by atoms with Crippen molar-refractivity contribution >= 4 is 33.2 Å². The van der Waals surface area contributed by atoms with Gasteiger partial charge < -0.3 is 10.6 Å². The maximum Gasteiger partial charge on any atom is 0.226 e. The minimum Gasteiger partial charge on any atom is -0.340 e. The first-order valence-corrected chi connectivity index (χ1v) is 8.47. The highest BCUT2D eigenvalue weighted by Gasteiger charge is 2.31. The molecule has 1 saturated carbocycles. The monoisotopic (exact) mass is 344 g/mol. The quantitative estimate of drug-likeness (QED) is 0.911. The Morgan fingerprint density at radius 3 is 2.89 bits per heavy atom. The summed E-state index contributed by atoms with van der Waals surface area (Å²) in [6, 6.07) is 2.08. The summed E-state index contributed by atoms with van der Waals surface area (Å²) in [7, 11) is 1.90. The molecule has 0 radical (unpaired) electrons. The maximum absolute atomic E-state index is 12.5. The van der Waals surface area contributed by atoms with Crippen LogP contribution in [-0.4, -0.2) is 24.4 Å². The molecule has 1 amide bonds. The third-order valence-corrected chi connectivity index (χ3v) is 5.60. The summed E-state index contributed by atoms with van der Waals surface area (Å²) in [5.74, 6) is 0.769. The fourth-order valence-corrected chi connectivity index (χ4v) is 4.35. The Bertz CT molecular complexity index is 435. The lowest BCUT2D eigenvalue weighted by atomic mass is 9.78. The summed E-state index contributed by atoms with van der Waals surface area (Å²) in [5.41, 5.74) is 5.81. The van der Waals surface area contributed by atoms with Crippen molar-refractivity contribution in [1.82, 2.24) is 4.90 Å². The van der Waals surface area contributed by atoms with Gasteiger partial charge in [-0.05, 0) is 47.3 Å². The molecule has 2 atom stereocenters. The number of hydrogen-bond acceptors (Lipinski definition) is 3. The van der Waals surface area contributed by atoms with E-state index in [1.807, 2.05) is 11.9 Å². The van der Waals surface area contributed by atoms with Gasteiger partial charge in [-0.1, -0.05) is 12.8 Å². The van der Waals surface area contributed by atoms with Gasteiger partial charge in [-0.15, -0.1) is 11.3 Å². The molecule has 0 aromatic carbocycles. The Morgan fingerprint density at radius 2 is 2.26 bits per heavy atom. The van der Waals surface area contributed by atoms with Crippen LogP contribution in [0.1, 0.15) is 30.6 Å². The van der Waals surface area contributed by atoms with Crippen molar-refractivity contribution < 1.29 is 4.79 Å². The zero-order valence-electron chi connectivity index (χ0n) is 11.3. The van der Waals surface area contributed by atoms with Crippen molar-refractivity contribution in [3.8, 4) is 0 Å². The number of carbonyl (C=O) groups excluding carboxylic acids is 1. The minimum atomic E-state index is 0.132. The molecule has 0 spiro atoms. The largest absolute Gasteiger partial charge is 0.340 e. The van der Waals surface area contributed by atoms with E-state index in [1.54, 1.807) is 11.3 Å². The summed E-state index contributed by atoms with van der Waals surface area (Å²) in [4.78, 5) is 15.6. The Kier molecular flexibility index (Phi) is 5.42. The van der Waals surface area contributed by atoms with Crippen LogP contribution in [0.5, 0.6) is 0 Å². The van der Waals surface area contributed by atoms with E-state index in [2.05, 4.69) is 27.4 Å². The van der Waals surface area contributed by atoms with Gasteiger partial charge in [0.2, 0.25) is 5.91 Å². The molecular formula is C14H21BrN2OS. The fraction of sp³-hybridized carbons (Fsp3) is 0.643. The van der Waals surface area contributed by atoms with Crippen molar-refractivity contribution in [1.29, 1.82) is 0 Å². The molecule has 106 valence electrons. The van der Waals surface area contributed by atoms with Crippen molar-refractivity contribution in [3.05, 3.63) is 20.8 Å². The van der Waals surface area contributed by atoms with Gasteiger partial charge in [-0.2, -0.15) is 0 Å². The lowest BCUT2D eigenvalue weighted by molar-refractivity contribution is -0.137. The van der Waals surface area contributed by atoms with Crippen LogP contribution in [-0.2, 0) is 11.3 Å². The van der Waals surface area contributed by atoms with Crippen molar-refractivity contribution in [2.75, 3.05) is 13.6 Å². The van der Waals surface area contributed by atoms with Crippen LogP contribution in [0.2, 0.25) is 0 Å². The van der Waals surface area contributed by atoms with Gasteiger partial charge in [-0.25, -0.2) is 0 Å². The van der Waals surface area contributed by atoms with Gasteiger partial charge in [0.15, 0.2) is 0 Å². The van der Waals surface area contributed by atoms with E-state index in [1.165, 1.54) is 11.3 Å². The lowest BCUT2D eigenvalue weighted by Gasteiger charge is -2.32. The minimum absolute atomic E-state index is 0.132. The van der Waals surface area contributed by atoms with Crippen molar-refractivity contribution in [2.45, 2.75) is 32.2 Å². The molecule has 2 N–H and O–H groups in total. The van der Waals surface area contributed by atoms with E-state index < -0.39 is 0 Å². The molecule has 1 aliphatic carbocycles. The second-order valence-electron chi connectivity index (χ2n) is 5.31. The number of carbonyl (C=O) groups is 1. The number of thiophene rings is 1. The van der Waals surface area contributed by atoms with Crippen LogP contribution < -0.4 is 5.73 Å². The number of hydrogen-bond donors (Lipinski definition) is 1. The second kappa shape index (κ2) is 6.86. The molecule has 0 aliphatic heterocycles. The van der Waals surface area contributed by atoms with Gasteiger partial charge in [0, 0.05) is 27.7 Å². The van der Waals surface area contributed by atoms with E-state index in [0.29, 0.717) is 19.0 Å². The maximum atomic E-state index is 12.5. The molecule has 1 heterocycles. The first-order valence-electron chi connectivity index (χ1n) is 6.79. The normalized spacial score (nSPS) is 23.3. The number of amides is 1.